The van der Waals surface area contributed by atoms with E-state index in [1.54, 1.807) is 6.08 Å². The highest BCUT2D eigenvalue weighted by Crippen LogP contribution is 2.28. The summed E-state index contributed by atoms with van der Waals surface area (Å²) < 4.78 is 5.62. The highest BCUT2D eigenvalue weighted by atomic mass is 16.6. The third kappa shape index (κ3) is 2.84. The average Bonchev–Trinajstić information content (AvgIpc) is 2.64. The number of rotatable bonds is 4. The first kappa shape index (κ1) is 13.3. The molecule has 100 valence electrons. The van der Waals surface area contributed by atoms with E-state index in [0.29, 0.717) is 12.2 Å². The minimum Gasteiger partial charge on any atom is -0.461 e. The molecule has 1 aromatic carbocycles. The number of allylic oxidation sites excluding steroid dienone is 1. The van der Waals surface area contributed by atoms with Gasteiger partial charge in [-0.25, -0.2) is 0 Å². The first-order valence-corrected chi connectivity index (χ1v) is 6.32. The van der Waals surface area contributed by atoms with Crippen LogP contribution in [0.1, 0.15) is 31.6 Å². The van der Waals surface area contributed by atoms with Gasteiger partial charge in [0, 0.05) is 23.4 Å². The summed E-state index contributed by atoms with van der Waals surface area (Å²) >= 11 is 0. The molecular weight excluding hydrogens is 242 g/mol. The highest BCUT2D eigenvalue weighted by molar-refractivity contribution is 5.88. The summed E-state index contributed by atoms with van der Waals surface area (Å²) in [6.07, 6.45) is 2.09. The molecule has 2 aromatic rings. The lowest BCUT2D eigenvalue weighted by molar-refractivity contribution is -0.427. The zero-order chi connectivity index (χ0) is 14.0. The van der Waals surface area contributed by atoms with Gasteiger partial charge in [0.05, 0.1) is 4.92 Å². The number of nitrogens with zero attached hydrogens (tertiary/aromatic N) is 1. The molecule has 0 radical (unpaired) electrons. The fourth-order valence-electron chi connectivity index (χ4n) is 2.14. The van der Waals surface area contributed by atoms with Gasteiger partial charge in [-0.3, -0.25) is 10.1 Å². The maximum atomic E-state index is 11.1. The summed E-state index contributed by atoms with van der Waals surface area (Å²) in [5, 5.41) is 12.0. The van der Waals surface area contributed by atoms with E-state index in [1.165, 1.54) is 0 Å². The van der Waals surface area contributed by atoms with Gasteiger partial charge < -0.3 is 4.42 Å². The molecule has 0 spiro atoms. The molecule has 0 bridgehead atoms. The number of fused-ring (bicyclic) bond motifs is 1. The Balaban J connectivity index is 2.53. The molecule has 0 N–H and O–H groups in total. The summed E-state index contributed by atoms with van der Waals surface area (Å²) in [7, 11) is 0. The van der Waals surface area contributed by atoms with E-state index in [2.05, 4.69) is 0 Å². The number of benzene rings is 1. The maximum Gasteiger partial charge on any atom is 0.247 e. The fraction of sp³-hybridized carbons (Fsp3) is 0.333. The van der Waals surface area contributed by atoms with Crippen LogP contribution in [-0.2, 0) is 0 Å². The van der Waals surface area contributed by atoms with Crippen molar-refractivity contribution in [3.05, 3.63) is 51.4 Å². The van der Waals surface area contributed by atoms with Crippen LogP contribution in [0.4, 0.5) is 0 Å². The molecule has 0 aliphatic heterocycles. The molecule has 4 nitrogen and oxygen atoms in total. The smallest absolute Gasteiger partial charge is 0.247 e. The van der Waals surface area contributed by atoms with Gasteiger partial charge in [0.1, 0.15) is 11.3 Å². The van der Waals surface area contributed by atoms with Gasteiger partial charge in [0.25, 0.3) is 0 Å². The highest BCUT2D eigenvalue weighted by Gasteiger charge is 2.16. The van der Waals surface area contributed by atoms with Gasteiger partial charge in [-0.05, 0) is 18.9 Å². The van der Waals surface area contributed by atoms with Crippen molar-refractivity contribution in [1.82, 2.24) is 0 Å². The molecule has 0 fully saturated rings. The van der Waals surface area contributed by atoms with Crippen molar-refractivity contribution in [2.24, 2.45) is 5.92 Å². The molecule has 2 rings (SSSR count). The first-order chi connectivity index (χ1) is 8.99. The molecule has 0 aliphatic rings. The Morgan fingerprint density at radius 3 is 2.74 bits per heavy atom. The summed E-state index contributed by atoms with van der Waals surface area (Å²) in [6, 6.07) is 7.59. The summed E-state index contributed by atoms with van der Waals surface area (Å²) in [6.45, 7) is 5.77. The largest absolute Gasteiger partial charge is 0.461 e. The van der Waals surface area contributed by atoms with Crippen LogP contribution in [0.3, 0.4) is 0 Å². The number of hydrogen-bond acceptors (Lipinski definition) is 3. The zero-order valence-corrected chi connectivity index (χ0v) is 11.3. The number of para-hydroxylation sites is 1. The van der Waals surface area contributed by atoms with Crippen molar-refractivity contribution >= 4 is 17.0 Å². The predicted octanol–water partition coefficient (Wildman–Crippen LogP) is 4.40. The predicted molar refractivity (Wildman–Crippen MR) is 75.4 cm³/mol. The Morgan fingerprint density at radius 2 is 2.11 bits per heavy atom. The SMILES string of the molecule is Cc1oc2ccccc2c1/C=C(/CC(C)C)[N+](=O)[O-]. The summed E-state index contributed by atoms with van der Waals surface area (Å²) in [5.41, 5.74) is 1.80. The first-order valence-electron chi connectivity index (χ1n) is 6.32. The zero-order valence-electron chi connectivity index (χ0n) is 11.3. The average molecular weight is 259 g/mol. The molecule has 1 heterocycles. The topological polar surface area (TPSA) is 56.3 Å². The molecule has 0 saturated heterocycles. The van der Waals surface area contributed by atoms with Gasteiger partial charge in [0.2, 0.25) is 5.70 Å². The number of furan rings is 1. The van der Waals surface area contributed by atoms with E-state index in [9.17, 15) is 10.1 Å². The van der Waals surface area contributed by atoms with E-state index < -0.39 is 0 Å². The van der Waals surface area contributed by atoms with Crippen molar-refractivity contribution in [3.8, 4) is 0 Å². The molecule has 1 aromatic heterocycles. The summed E-state index contributed by atoms with van der Waals surface area (Å²) in [4.78, 5) is 10.8. The Bertz CT molecular complexity index is 638. The second-order valence-corrected chi connectivity index (χ2v) is 5.06. The van der Waals surface area contributed by atoms with E-state index in [0.717, 1.165) is 16.5 Å². The second-order valence-electron chi connectivity index (χ2n) is 5.06. The van der Waals surface area contributed by atoms with Crippen molar-refractivity contribution in [1.29, 1.82) is 0 Å². The Kier molecular flexibility index (Phi) is 3.69. The van der Waals surface area contributed by atoms with Crippen LogP contribution in [0.5, 0.6) is 0 Å². The van der Waals surface area contributed by atoms with Gasteiger partial charge >= 0.3 is 0 Å². The van der Waals surface area contributed by atoms with Gasteiger partial charge in [-0.2, -0.15) is 0 Å². The monoisotopic (exact) mass is 259 g/mol. The van der Waals surface area contributed by atoms with Gasteiger partial charge in [0.15, 0.2) is 0 Å². The van der Waals surface area contributed by atoms with Gasteiger partial charge in [-0.15, -0.1) is 0 Å². The second kappa shape index (κ2) is 5.26. The third-order valence-corrected chi connectivity index (χ3v) is 2.98. The van der Waals surface area contributed by atoms with Crippen LogP contribution in [0, 0.1) is 23.0 Å². The molecule has 0 saturated carbocycles. The lowest BCUT2D eigenvalue weighted by Gasteiger charge is -2.02. The van der Waals surface area contributed by atoms with E-state index in [4.69, 9.17) is 4.42 Å². The van der Waals surface area contributed by atoms with E-state index in [-0.39, 0.29) is 16.5 Å². The van der Waals surface area contributed by atoms with Gasteiger partial charge in [-0.1, -0.05) is 32.0 Å². The molecule has 0 aliphatic carbocycles. The standard InChI is InChI=1S/C15H17NO3/c1-10(2)8-12(16(17)18)9-14-11(3)19-15-7-5-4-6-13(14)15/h4-7,9-10H,8H2,1-3H3/b12-9-. The molecule has 0 amide bonds. The molecule has 0 atom stereocenters. The Morgan fingerprint density at radius 1 is 1.42 bits per heavy atom. The summed E-state index contributed by atoms with van der Waals surface area (Å²) in [5.74, 6) is 0.958. The van der Waals surface area contributed by atoms with E-state index >= 15 is 0 Å². The van der Waals surface area contributed by atoms with Crippen LogP contribution < -0.4 is 0 Å². The normalized spacial score (nSPS) is 12.3. The molecule has 19 heavy (non-hydrogen) atoms. The fourth-order valence-corrected chi connectivity index (χ4v) is 2.14. The van der Waals surface area contributed by atoms with Crippen LogP contribution in [0.15, 0.2) is 34.4 Å². The Hall–Kier alpha value is -2.10. The van der Waals surface area contributed by atoms with Crippen molar-refractivity contribution in [2.45, 2.75) is 27.2 Å². The van der Waals surface area contributed by atoms with Crippen molar-refractivity contribution in [3.63, 3.8) is 0 Å². The maximum absolute atomic E-state index is 11.1. The number of hydrogen-bond donors (Lipinski definition) is 0. The lowest BCUT2D eigenvalue weighted by atomic mass is 10.0. The van der Waals surface area contributed by atoms with Crippen molar-refractivity contribution in [2.75, 3.05) is 0 Å². The third-order valence-electron chi connectivity index (χ3n) is 2.98. The van der Waals surface area contributed by atoms with E-state index in [1.807, 2.05) is 45.0 Å². The molecule has 0 unspecified atom stereocenters. The van der Waals surface area contributed by atoms with Crippen LogP contribution in [0.25, 0.3) is 17.0 Å². The number of nitro groups is 1. The minimum absolute atomic E-state index is 0.227. The molecule has 4 heteroatoms. The Labute approximate surface area is 111 Å². The van der Waals surface area contributed by atoms with Crippen LogP contribution in [-0.4, -0.2) is 4.92 Å². The van der Waals surface area contributed by atoms with Crippen LogP contribution in [0.2, 0.25) is 0 Å². The quantitative estimate of drug-likeness (QED) is 0.603. The van der Waals surface area contributed by atoms with Crippen molar-refractivity contribution < 1.29 is 9.34 Å². The number of aryl methyl sites for hydroxylation is 1. The minimum atomic E-state index is -0.304. The van der Waals surface area contributed by atoms with Crippen LogP contribution >= 0.6 is 0 Å². The molecular formula is C15H17NO3. The lowest BCUT2D eigenvalue weighted by Crippen LogP contribution is -2.02.